The predicted molar refractivity (Wildman–Crippen MR) is 106 cm³/mol. The molecule has 0 aromatic heterocycles. The van der Waals surface area contributed by atoms with Crippen molar-refractivity contribution in [1.82, 2.24) is 15.1 Å². The first kappa shape index (κ1) is 19.0. The van der Waals surface area contributed by atoms with Crippen LogP contribution < -0.4 is 5.32 Å². The van der Waals surface area contributed by atoms with E-state index in [4.69, 9.17) is 0 Å². The van der Waals surface area contributed by atoms with Crippen LogP contribution in [0.3, 0.4) is 0 Å². The number of para-hydroxylation sites is 1. The van der Waals surface area contributed by atoms with Gasteiger partial charge in [0.05, 0.1) is 6.42 Å². The van der Waals surface area contributed by atoms with Crippen LogP contribution in [0.1, 0.15) is 24.0 Å². The molecule has 7 heteroatoms. The minimum Gasteiger partial charge on any atom is -0.508 e. The van der Waals surface area contributed by atoms with Crippen molar-refractivity contribution >= 4 is 17.8 Å². The van der Waals surface area contributed by atoms with Gasteiger partial charge in [0.15, 0.2) is 0 Å². The number of nitrogens with zero attached hydrogens (tertiary/aromatic N) is 2. The number of benzene rings is 2. The van der Waals surface area contributed by atoms with Crippen LogP contribution in [0.2, 0.25) is 0 Å². The van der Waals surface area contributed by atoms with E-state index < -0.39 is 5.54 Å². The Morgan fingerprint density at radius 1 is 1.00 bits per heavy atom. The Morgan fingerprint density at radius 3 is 2.34 bits per heavy atom. The van der Waals surface area contributed by atoms with E-state index in [0.29, 0.717) is 38.0 Å². The summed E-state index contributed by atoms with van der Waals surface area (Å²) in [6.07, 6.45) is 0.895. The van der Waals surface area contributed by atoms with Crippen LogP contribution in [-0.4, -0.2) is 51.4 Å². The zero-order chi connectivity index (χ0) is 20.4. The van der Waals surface area contributed by atoms with Gasteiger partial charge in [-0.1, -0.05) is 48.5 Å². The Balaban J connectivity index is 1.46. The zero-order valence-electron chi connectivity index (χ0n) is 16.0. The van der Waals surface area contributed by atoms with Gasteiger partial charge in [0.25, 0.3) is 5.91 Å². The third-order valence-electron chi connectivity index (χ3n) is 5.87. The molecule has 4 amide bonds. The largest absolute Gasteiger partial charge is 0.508 e. The van der Waals surface area contributed by atoms with E-state index in [1.165, 1.54) is 0 Å². The van der Waals surface area contributed by atoms with Gasteiger partial charge >= 0.3 is 6.03 Å². The van der Waals surface area contributed by atoms with Gasteiger partial charge in [0.1, 0.15) is 11.3 Å². The second-order valence-corrected chi connectivity index (χ2v) is 7.55. The molecule has 2 fully saturated rings. The smallest absolute Gasteiger partial charge is 0.325 e. The van der Waals surface area contributed by atoms with Crippen molar-refractivity contribution in [3.8, 4) is 5.75 Å². The number of urea groups is 1. The van der Waals surface area contributed by atoms with Crippen molar-refractivity contribution in [2.45, 2.75) is 31.3 Å². The highest BCUT2D eigenvalue weighted by Gasteiger charge is 2.54. The molecule has 2 aromatic carbocycles. The van der Waals surface area contributed by atoms with Crippen molar-refractivity contribution in [1.29, 1.82) is 0 Å². The Kier molecular flexibility index (Phi) is 4.96. The number of phenolic OH excluding ortho intramolecular Hbond substituents is 1. The molecule has 0 atom stereocenters. The molecule has 0 saturated carbocycles. The van der Waals surface area contributed by atoms with E-state index in [1.54, 1.807) is 34.1 Å². The summed E-state index contributed by atoms with van der Waals surface area (Å²) in [6.45, 7) is 1.13. The van der Waals surface area contributed by atoms with Gasteiger partial charge in [-0.05, 0) is 24.5 Å². The number of phenols is 1. The molecular formula is C22H23N3O4. The van der Waals surface area contributed by atoms with Gasteiger partial charge in [0.2, 0.25) is 5.91 Å². The van der Waals surface area contributed by atoms with Crippen LogP contribution in [0.25, 0.3) is 0 Å². The van der Waals surface area contributed by atoms with Gasteiger partial charge in [0, 0.05) is 25.2 Å². The van der Waals surface area contributed by atoms with Crippen LogP contribution in [0.15, 0.2) is 54.6 Å². The molecule has 7 nitrogen and oxygen atoms in total. The molecule has 29 heavy (non-hydrogen) atoms. The van der Waals surface area contributed by atoms with Crippen LogP contribution in [-0.2, 0) is 22.6 Å². The zero-order valence-corrected chi connectivity index (χ0v) is 16.0. The van der Waals surface area contributed by atoms with Crippen LogP contribution in [0, 0.1) is 0 Å². The molecule has 1 spiro atoms. The maximum Gasteiger partial charge on any atom is 0.325 e. The molecular weight excluding hydrogens is 370 g/mol. The fraction of sp³-hybridized carbons (Fsp3) is 0.318. The average Bonchev–Trinajstić information content (AvgIpc) is 2.95. The second-order valence-electron chi connectivity index (χ2n) is 7.55. The lowest BCUT2D eigenvalue weighted by atomic mass is 9.85. The molecule has 0 unspecified atom stereocenters. The van der Waals surface area contributed by atoms with Gasteiger partial charge in [-0.3, -0.25) is 14.9 Å². The Hall–Kier alpha value is -3.35. The lowest BCUT2D eigenvalue weighted by Crippen LogP contribution is -2.57. The summed E-state index contributed by atoms with van der Waals surface area (Å²) in [5.74, 6) is -0.281. The van der Waals surface area contributed by atoms with E-state index in [1.807, 2.05) is 30.3 Å². The van der Waals surface area contributed by atoms with Gasteiger partial charge < -0.3 is 14.9 Å². The van der Waals surface area contributed by atoms with Crippen molar-refractivity contribution in [2.75, 3.05) is 13.1 Å². The SMILES string of the molecule is O=C(Cc1ccccc1O)N1CCC2(CC1)C(=O)NC(=O)N2Cc1ccccc1. The van der Waals surface area contributed by atoms with E-state index in [9.17, 15) is 19.5 Å². The first-order valence-electron chi connectivity index (χ1n) is 9.71. The summed E-state index contributed by atoms with van der Waals surface area (Å²) in [7, 11) is 0. The third-order valence-corrected chi connectivity index (χ3v) is 5.87. The standard InChI is InChI=1S/C22H23N3O4/c26-18-9-5-4-8-17(18)14-19(27)24-12-10-22(11-13-24)20(28)23-21(29)25(22)15-16-6-2-1-3-7-16/h1-9,26H,10-15H2,(H,23,28,29). The molecule has 2 aliphatic heterocycles. The number of amides is 4. The highest BCUT2D eigenvalue weighted by molar-refractivity contribution is 6.07. The highest BCUT2D eigenvalue weighted by atomic mass is 16.3. The molecule has 2 aromatic rings. The minimum absolute atomic E-state index is 0.0966. The third kappa shape index (κ3) is 3.55. The van der Waals surface area contributed by atoms with E-state index >= 15 is 0 Å². The first-order chi connectivity index (χ1) is 14.0. The fourth-order valence-electron chi connectivity index (χ4n) is 4.15. The lowest BCUT2D eigenvalue weighted by molar-refractivity contribution is -0.137. The molecule has 4 rings (SSSR count). The van der Waals surface area contributed by atoms with E-state index in [2.05, 4.69) is 5.32 Å². The van der Waals surface area contributed by atoms with Crippen molar-refractivity contribution in [2.24, 2.45) is 0 Å². The molecule has 2 saturated heterocycles. The number of nitrogens with one attached hydrogen (secondary N) is 1. The monoisotopic (exact) mass is 393 g/mol. The summed E-state index contributed by atoms with van der Waals surface area (Å²) in [4.78, 5) is 41.1. The Morgan fingerprint density at radius 2 is 1.66 bits per heavy atom. The molecule has 2 N–H and O–H groups in total. The first-order valence-corrected chi connectivity index (χ1v) is 9.71. The molecule has 0 aliphatic carbocycles. The number of hydrogen-bond donors (Lipinski definition) is 2. The molecule has 2 heterocycles. The van der Waals surface area contributed by atoms with Crippen molar-refractivity contribution < 1.29 is 19.5 Å². The topological polar surface area (TPSA) is 90.0 Å². The lowest BCUT2D eigenvalue weighted by Gasteiger charge is -2.42. The van der Waals surface area contributed by atoms with E-state index in [-0.39, 0.29) is 30.0 Å². The molecule has 0 bridgehead atoms. The number of likely N-dealkylation sites (tertiary alicyclic amines) is 1. The number of carbonyl (C=O) groups excluding carboxylic acids is 3. The van der Waals surface area contributed by atoms with Crippen LogP contribution in [0.4, 0.5) is 4.79 Å². The number of imide groups is 1. The summed E-state index contributed by atoms with van der Waals surface area (Å²) in [6, 6.07) is 16.0. The number of aromatic hydroxyl groups is 1. The van der Waals surface area contributed by atoms with Crippen molar-refractivity contribution in [3.63, 3.8) is 0 Å². The summed E-state index contributed by atoms with van der Waals surface area (Å²) in [5.41, 5.74) is 0.616. The number of rotatable bonds is 4. The van der Waals surface area contributed by atoms with Crippen LogP contribution in [0.5, 0.6) is 5.75 Å². The molecule has 2 aliphatic rings. The highest BCUT2D eigenvalue weighted by Crippen LogP contribution is 2.35. The Bertz CT molecular complexity index is 936. The average molecular weight is 393 g/mol. The fourth-order valence-corrected chi connectivity index (χ4v) is 4.15. The van der Waals surface area contributed by atoms with Crippen molar-refractivity contribution in [3.05, 3.63) is 65.7 Å². The summed E-state index contributed by atoms with van der Waals surface area (Å²) >= 11 is 0. The maximum absolute atomic E-state index is 12.7. The normalized spacial score (nSPS) is 18.2. The quantitative estimate of drug-likeness (QED) is 0.778. The second kappa shape index (κ2) is 7.58. The number of piperidine rings is 1. The van der Waals surface area contributed by atoms with Gasteiger partial charge in [-0.2, -0.15) is 0 Å². The maximum atomic E-state index is 12.7. The Labute approximate surface area is 168 Å². The van der Waals surface area contributed by atoms with Gasteiger partial charge in [-0.25, -0.2) is 4.79 Å². The predicted octanol–water partition coefficient (Wildman–Crippen LogP) is 2.05. The van der Waals surface area contributed by atoms with Gasteiger partial charge in [-0.15, -0.1) is 0 Å². The number of hydrogen-bond acceptors (Lipinski definition) is 4. The molecule has 0 radical (unpaired) electrons. The van der Waals surface area contributed by atoms with E-state index in [0.717, 1.165) is 5.56 Å². The summed E-state index contributed by atoms with van der Waals surface area (Å²) in [5, 5.41) is 12.3. The number of carbonyl (C=O) groups is 3. The summed E-state index contributed by atoms with van der Waals surface area (Å²) < 4.78 is 0. The van der Waals surface area contributed by atoms with Crippen LogP contribution >= 0.6 is 0 Å². The minimum atomic E-state index is -0.918. The molecule has 150 valence electrons.